The molecule has 0 bridgehead atoms. The normalized spacial score (nSPS) is 13.5. The molecule has 0 saturated heterocycles. The highest BCUT2D eigenvalue weighted by atomic mass is 35.5. The lowest BCUT2D eigenvalue weighted by Crippen LogP contribution is -2.25. The fraction of sp³-hybridized carbons (Fsp3) is 0.125. The summed E-state index contributed by atoms with van der Waals surface area (Å²) in [6.45, 7) is 0. The molecule has 1 saturated carbocycles. The Balaban J connectivity index is 1.22. The molecule has 3 aromatic heterocycles. The molecule has 1 fully saturated rings. The first-order valence-corrected chi connectivity index (χ1v) is 14.1. The Morgan fingerprint density at radius 1 is 0.953 bits per heavy atom. The van der Waals surface area contributed by atoms with E-state index in [-0.39, 0.29) is 11.7 Å². The predicted octanol–water partition coefficient (Wildman–Crippen LogP) is 5.91. The summed E-state index contributed by atoms with van der Waals surface area (Å²) in [5, 5.41) is 19.7. The van der Waals surface area contributed by atoms with Gasteiger partial charge in [0.2, 0.25) is 0 Å². The van der Waals surface area contributed by atoms with Crippen molar-refractivity contribution in [1.82, 2.24) is 40.3 Å². The van der Waals surface area contributed by atoms with Gasteiger partial charge in [-0.05, 0) is 82.9 Å². The standard InChI is InChI=1S/C32H24ClFN8O/c33-25-9-13-30(42-19-36-39-40-42)28(15-25)23-8-12-29(35-16-23)31(22-2-1-3-26(34)14-22)41-18-24(17-37-41)20-4-6-21(7-5-20)32(43)38-27-10-11-27/h1-9,12-19,27,31H,10-11H2,(H,38,43). The molecule has 212 valence electrons. The highest BCUT2D eigenvalue weighted by Gasteiger charge is 2.24. The van der Waals surface area contributed by atoms with E-state index in [1.54, 1.807) is 33.9 Å². The topological polar surface area (TPSA) is 103 Å². The molecule has 1 N–H and O–H groups in total. The lowest BCUT2D eigenvalue weighted by molar-refractivity contribution is 0.0951. The van der Waals surface area contributed by atoms with Gasteiger partial charge in [0.25, 0.3) is 5.91 Å². The zero-order valence-corrected chi connectivity index (χ0v) is 23.4. The number of nitrogens with one attached hydrogen (secondary N) is 1. The van der Waals surface area contributed by atoms with E-state index in [0.29, 0.717) is 27.9 Å². The molecule has 0 radical (unpaired) electrons. The largest absolute Gasteiger partial charge is 0.349 e. The van der Waals surface area contributed by atoms with Gasteiger partial charge in [0.05, 0.1) is 17.6 Å². The van der Waals surface area contributed by atoms with Gasteiger partial charge in [-0.1, -0.05) is 41.9 Å². The number of amides is 1. The molecular weight excluding hydrogens is 567 g/mol. The van der Waals surface area contributed by atoms with Crippen molar-refractivity contribution >= 4 is 17.5 Å². The summed E-state index contributed by atoms with van der Waals surface area (Å²) in [4.78, 5) is 17.2. The minimum atomic E-state index is -0.500. The Hall–Kier alpha value is -5.22. The van der Waals surface area contributed by atoms with Crippen molar-refractivity contribution in [3.8, 4) is 27.9 Å². The molecule has 0 spiro atoms. The number of carbonyl (C=O) groups is 1. The third kappa shape index (κ3) is 5.64. The lowest BCUT2D eigenvalue weighted by Gasteiger charge is -2.19. The summed E-state index contributed by atoms with van der Waals surface area (Å²) in [6.07, 6.45) is 8.99. The van der Waals surface area contributed by atoms with Crippen LogP contribution in [0.5, 0.6) is 0 Å². The van der Waals surface area contributed by atoms with Gasteiger partial charge in [-0.15, -0.1) is 5.10 Å². The monoisotopic (exact) mass is 590 g/mol. The number of tetrazole rings is 1. The van der Waals surface area contributed by atoms with Gasteiger partial charge in [0.15, 0.2) is 0 Å². The summed E-state index contributed by atoms with van der Waals surface area (Å²) < 4.78 is 17.7. The second-order valence-electron chi connectivity index (χ2n) is 10.4. The number of hydrogen-bond acceptors (Lipinski definition) is 6. The SMILES string of the molecule is O=C(NC1CC1)c1ccc(-c2cnn(C(c3cccc(F)c3)c3ccc(-c4cc(Cl)ccc4-n4cnnn4)cn3)c2)cc1. The lowest BCUT2D eigenvalue weighted by atomic mass is 10.0. The van der Waals surface area contributed by atoms with E-state index < -0.39 is 6.04 Å². The number of nitrogens with zero attached hydrogens (tertiary/aromatic N) is 7. The van der Waals surface area contributed by atoms with Crippen LogP contribution in [0, 0.1) is 5.82 Å². The third-order valence-corrected chi connectivity index (χ3v) is 7.59. The number of halogens is 2. The highest BCUT2D eigenvalue weighted by Crippen LogP contribution is 2.32. The number of aromatic nitrogens is 7. The number of benzene rings is 3. The van der Waals surface area contributed by atoms with Crippen LogP contribution in [0.3, 0.4) is 0 Å². The fourth-order valence-corrected chi connectivity index (χ4v) is 5.18. The molecule has 0 aliphatic heterocycles. The maximum atomic E-state index is 14.4. The van der Waals surface area contributed by atoms with Crippen molar-refractivity contribution in [1.29, 1.82) is 0 Å². The van der Waals surface area contributed by atoms with Crippen molar-refractivity contribution in [2.45, 2.75) is 24.9 Å². The Bertz CT molecular complexity index is 1900. The molecule has 1 aliphatic carbocycles. The Morgan fingerprint density at radius 2 is 1.79 bits per heavy atom. The van der Waals surface area contributed by atoms with Gasteiger partial charge in [0, 0.05) is 45.7 Å². The van der Waals surface area contributed by atoms with E-state index in [9.17, 15) is 9.18 Å². The van der Waals surface area contributed by atoms with Gasteiger partial charge < -0.3 is 5.32 Å². The summed E-state index contributed by atoms with van der Waals surface area (Å²) in [5.41, 5.74) is 6.11. The molecule has 9 nitrogen and oxygen atoms in total. The molecule has 1 unspecified atom stereocenters. The third-order valence-electron chi connectivity index (χ3n) is 7.36. The number of hydrogen-bond donors (Lipinski definition) is 1. The molecule has 3 heterocycles. The molecule has 1 atom stereocenters. The van der Waals surface area contributed by atoms with Crippen LogP contribution in [0.4, 0.5) is 4.39 Å². The van der Waals surface area contributed by atoms with Gasteiger partial charge in [-0.3, -0.25) is 14.5 Å². The molecule has 1 amide bonds. The fourth-order valence-electron chi connectivity index (χ4n) is 5.01. The first kappa shape index (κ1) is 26.7. The minimum Gasteiger partial charge on any atom is -0.349 e. The molecule has 43 heavy (non-hydrogen) atoms. The Morgan fingerprint density at radius 3 is 2.51 bits per heavy atom. The van der Waals surface area contributed by atoms with Crippen molar-refractivity contribution in [2.24, 2.45) is 0 Å². The summed E-state index contributed by atoms with van der Waals surface area (Å²) in [7, 11) is 0. The second-order valence-corrected chi connectivity index (χ2v) is 10.8. The van der Waals surface area contributed by atoms with Crippen LogP contribution in [0.2, 0.25) is 5.02 Å². The molecular formula is C32H24ClFN8O. The average Bonchev–Trinajstić information content (AvgIpc) is 3.45. The van der Waals surface area contributed by atoms with Crippen LogP contribution in [-0.2, 0) is 0 Å². The zero-order chi connectivity index (χ0) is 29.3. The van der Waals surface area contributed by atoms with Crippen LogP contribution >= 0.6 is 11.6 Å². The zero-order valence-electron chi connectivity index (χ0n) is 22.7. The molecule has 3 aromatic carbocycles. The van der Waals surface area contributed by atoms with Crippen molar-refractivity contribution in [3.63, 3.8) is 0 Å². The van der Waals surface area contributed by atoms with E-state index in [4.69, 9.17) is 16.6 Å². The van der Waals surface area contributed by atoms with Gasteiger partial charge in [-0.25, -0.2) is 4.39 Å². The van der Waals surface area contributed by atoms with Crippen LogP contribution in [0.1, 0.15) is 40.5 Å². The highest BCUT2D eigenvalue weighted by molar-refractivity contribution is 6.31. The van der Waals surface area contributed by atoms with Crippen LogP contribution in [0.25, 0.3) is 27.9 Å². The smallest absolute Gasteiger partial charge is 0.251 e. The van der Waals surface area contributed by atoms with Gasteiger partial charge in [0.1, 0.15) is 18.2 Å². The first-order chi connectivity index (χ1) is 21.0. The van der Waals surface area contributed by atoms with Crippen LogP contribution in [-0.4, -0.2) is 46.9 Å². The van der Waals surface area contributed by atoms with E-state index >= 15 is 0 Å². The molecule has 6 aromatic rings. The van der Waals surface area contributed by atoms with Crippen LogP contribution in [0.15, 0.2) is 104 Å². The van der Waals surface area contributed by atoms with Crippen LogP contribution < -0.4 is 5.32 Å². The maximum Gasteiger partial charge on any atom is 0.251 e. The summed E-state index contributed by atoms with van der Waals surface area (Å²) in [6, 6.07) is 22.9. The van der Waals surface area contributed by atoms with Crippen molar-refractivity contribution in [3.05, 3.63) is 131 Å². The number of pyridine rings is 1. The summed E-state index contributed by atoms with van der Waals surface area (Å²) >= 11 is 6.34. The van der Waals surface area contributed by atoms with E-state index in [0.717, 1.165) is 40.8 Å². The number of rotatable bonds is 8. The molecule has 7 rings (SSSR count). The Kier molecular flexibility index (Phi) is 6.96. The predicted molar refractivity (Wildman–Crippen MR) is 159 cm³/mol. The Labute approximate surface area is 251 Å². The molecule has 11 heteroatoms. The second kappa shape index (κ2) is 11.2. The van der Waals surface area contributed by atoms with E-state index in [1.165, 1.54) is 18.5 Å². The average molecular weight is 591 g/mol. The van der Waals surface area contributed by atoms with Gasteiger partial charge in [-0.2, -0.15) is 9.78 Å². The molecule has 1 aliphatic rings. The van der Waals surface area contributed by atoms with E-state index in [1.807, 2.05) is 60.8 Å². The van der Waals surface area contributed by atoms with Crippen molar-refractivity contribution < 1.29 is 9.18 Å². The minimum absolute atomic E-state index is 0.0618. The summed E-state index contributed by atoms with van der Waals surface area (Å²) in [5.74, 6) is -0.412. The van der Waals surface area contributed by atoms with E-state index in [2.05, 4.69) is 25.9 Å². The van der Waals surface area contributed by atoms with Crippen molar-refractivity contribution in [2.75, 3.05) is 0 Å². The maximum absolute atomic E-state index is 14.4. The van der Waals surface area contributed by atoms with Gasteiger partial charge >= 0.3 is 0 Å². The first-order valence-electron chi connectivity index (χ1n) is 13.7. The number of carbonyl (C=O) groups excluding carboxylic acids is 1. The quantitative estimate of drug-likeness (QED) is 0.236.